The molecule has 10 nitrogen and oxygen atoms in total. The minimum absolute atomic E-state index is 0.100. The van der Waals surface area contributed by atoms with E-state index in [-0.39, 0.29) is 66.1 Å². The summed E-state index contributed by atoms with van der Waals surface area (Å²) >= 11 is 0. The van der Waals surface area contributed by atoms with Crippen molar-refractivity contribution in [2.45, 2.75) is 238 Å². The van der Waals surface area contributed by atoms with E-state index in [9.17, 15) is 19.2 Å². The van der Waals surface area contributed by atoms with Gasteiger partial charge in [-0.15, -0.1) is 0 Å². The molecule has 2 N–H and O–H groups in total. The first kappa shape index (κ1) is 60.7. The van der Waals surface area contributed by atoms with Crippen LogP contribution in [-0.2, 0) is 19.2 Å². The highest BCUT2D eigenvalue weighted by molar-refractivity contribution is 5.93. The zero-order valence-corrected chi connectivity index (χ0v) is 46.0. The summed E-state index contributed by atoms with van der Waals surface area (Å²) in [5.74, 6) is 1.93. The molecule has 0 bridgehead atoms. The molecule has 2 aliphatic heterocycles. The fourth-order valence-electron chi connectivity index (χ4n) is 11.3. The van der Waals surface area contributed by atoms with E-state index in [0.29, 0.717) is 36.5 Å². The second-order valence-corrected chi connectivity index (χ2v) is 21.0. The number of hydrogen-bond donors (Lipinski definition) is 2. The average Bonchev–Trinajstić information content (AvgIpc) is 3.76. The van der Waals surface area contributed by atoms with E-state index in [1.165, 1.54) is 33.2 Å². The number of nitrogens with one attached hydrogen (secondary N) is 2. The van der Waals surface area contributed by atoms with Crippen molar-refractivity contribution in [3.05, 3.63) is 22.5 Å². The maximum absolute atomic E-state index is 14.0. The molecule has 0 unspecified atom stereocenters. The lowest BCUT2D eigenvalue weighted by molar-refractivity contribution is -0.140. The third kappa shape index (κ3) is 18.3. The van der Waals surface area contributed by atoms with E-state index >= 15 is 0 Å². The summed E-state index contributed by atoms with van der Waals surface area (Å²) in [6.07, 6.45) is 13.8. The first-order valence-corrected chi connectivity index (χ1v) is 26.8. The Morgan fingerprint density at radius 2 is 0.803 bits per heavy atom. The molecule has 0 radical (unpaired) electrons. The number of carbonyl (C=O) groups excluding carboxylic acids is 4. The van der Waals surface area contributed by atoms with E-state index < -0.39 is 0 Å². The Kier molecular flexibility index (Phi) is 27.8. The van der Waals surface area contributed by atoms with E-state index in [0.717, 1.165) is 102 Å². The van der Waals surface area contributed by atoms with Crippen LogP contribution in [0.5, 0.6) is 0 Å². The fourth-order valence-corrected chi connectivity index (χ4v) is 11.3. The molecule has 0 aliphatic carbocycles. The minimum Gasteiger partial charge on any atom is -0.349 e. The Labute approximate surface area is 405 Å². The molecule has 66 heavy (non-hydrogen) atoms. The molecule has 0 fully saturated rings. The topological polar surface area (TPSA) is 124 Å². The van der Waals surface area contributed by atoms with Gasteiger partial charge >= 0.3 is 0 Å². The van der Waals surface area contributed by atoms with Gasteiger partial charge in [0, 0.05) is 83.5 Å². The van der Waals surface area contributed by atoms with E-state index in [4.69, 9.17) is 9.98 Å². The molecular formula is C56H102N6O4. The van der Waals surface area contributed by atoms with Gasteiger partial charge < -0.3 is 20.4 Å². The highest BCUT2D eigenvalue weighted by Crippen LogP contribution is 2.39. The van der Waals surface area contributed by atoms with Crippen molar-refractivity contribution in [3.8, 4) is 0 Å². The van der Waals surface area contributed by atoms with Crippen molar-refractivity contribution in [2.75, 3.05) is 26.2 Å². The molecule has 4 atom stereocenters. The van der Waals surface area contributed by atoms with Crippen molar-refractivity contribution >= 4 is 35.1 Å². The molecule has 0 saturated heterocycles. The van der Waals surface area contributed by atoms with Gasteiger partial charge in [-0.3, -0.25) is 29.2 Å². The van der Waals surface area contributed by atoms with Crippen LogP contribution in [0.25, 0.3) is 0 Å². The number of rotatable bonds is 28. The zero-order valence-electron chi connectivity index (χ0n) is 46.0. The predicted octanol–water partition coefficient (Wildman–Crippen LogP) is 13.1. The van der Waals surface area contributed by atoms with Gasteiger partial charge in [0.05, 0.1) is 0 Å². The molecule has 0 aromatic rings. The molecule has 10 heteroatoms. The van der Waals surface area contributed by atoms with Crippen molar-refractivity contribution in [2.24, 2.45) is 45.5 Å². The molecule has 2 heterocycles. The number of aliphatic imine (C=N–C) groups is 2. The van der Waals surface area contributed by atoms with Crippen LogP contribution >= 0.6 is 0 Å². The van der Waals surface area contributed by atoms with E-state index in [2.05, 4.69) is 121 Å². The number of carbonyl (C=O) groups is 4. The van der Waals surface area contributed by atoms with Gasteiger partial charge in [-0.05, 0) is 105 Å². The lowest BCUT2D eigenvalue weighted by Crippen LogP contribution is -2.55. The first-order chi connectivity index (χ1) is 31.1. The van der Waals surface area contributed by atoms with Gasteiger partial charge in [0.15, 0.2) is 0 Å². The van der Waals surface area contributed by atoms with Crippen LogP contribution < -0.4 is 10.6 Å². The third-order valence-electron chi connectivity index (χ3n) is 14.2. The number of allylic oxidation sites excluding steroid dienone is 4. The quantitative estimate of drug-likeness (QED) is 0.0811. The highest BCUT2D eigenvalue weighted by atomic mass is 16.2. The van der Waals surface area contributed by atoms with Gasteiger partial charge in [0.2, 0.25) is 23.6 Å². The number of hydrogen-bond acceptors (Lipinski definition) is 6. The first-order valence-electron chi connectivity index (χ1n) is 26.8. The van der Waals surface area contributed by atoms with Gasteiger partial charge in [0.1, 0.15) is 13.1 Å². The normalized spacial score (nSPS) is 18.5. The SMILES string of the molecule is CCCC(CCC)(CCC)NC(=O)CN(CC(=O)NC(CCC)(CCC)CCC)C(=O)CC[C@@H]1C(=C(C)C)N=C(C(C)C)[C@H]1C.CCN(CC)C(=O)CC[C@@H]1C(=C(C)C)N=C(C(C)C)[C@H]1C. The van der Waals surface area contributed by atoms with Crippen molar-refractivity contribution in [3.63, 3.8) is 0 Å². The smallest absolute Gasteiger partial charge is 0.240 e. The Morgan fingerprint density at radius 1 is 0.515 bits per heavy atom. The van der Waals surface area contributed by atoms with Crippen molar-refractivity contribution < 1.29 is 19.2 Å². The van der Waals surface area contributed by atoms with Crippen LogP contribution in [0.4, 0.5) is 0 Å². The maximum Gasteiger partial charge on any atom is 0.240 e. The Bertz CT molecular complexity index is 1570. The summed E-state index contributed by atoms with van der Waals surface area (Å²) in [7, 11) is 0. The molecule has 0 saturated carbocycles. The second kappa shape index (κ2) is 30.2. The van der Waals surface area contributed by atoms with Gasteiger partial charge in [-0.2, -0.15) is 0 Å². The molecule has 2 aliphatic rings. The van der Waals surface area contributed by atoms with Gasteiger partial charge in [-0.1, -0.05) is 133 Å². The Balaban J connectivity index is 0.000000861. The van der Waals surface area contributed by atoms with Gasteiger partial charge in [-0.25, -0.2) is 0 Å². The van der Waals surface area contributed by atoms with Crippen LogP contribution in [-0.4, -0.2) is 82.1 Å². The largest absolute Gasteiger partial charge is 0.349 e. The summed E-state index contributed by atoms with van der Waals surface area (Å²) < 4.78 is 0. The number of nitrogens with zero attached hydrogens (tertiary/aromatic N) is 4. The molecule has 4 amide bonds. The molecular weight excluding hydrogens is 821 g/mol. The molecule has 0 aromatic carbocycles. The summed E-state index contributed by atoms with van der Waals surface area (Å²) in [5, 5.41) is 6.71. The monoisotopic (exact) mass is 923 g/mol. The lowest BCUT2D eigenvalue weighted by Gasteiger charge is -2.37. The standard InChI is InChI=1S/C38H70N4O3.C18H32N2O/c1-12-20-37(21-13-2,22-14-3)40-32(43)26-42(27-33(44)41-38(23-15-4,24-16-5)25-17-6)34(45)19-18-31-30(11)35(28(7)8)39-36(31)29(9)10;1-8-20(9-2)16(21)11-10-15-14(7)17(12(3)4)19-18(15)13(5)6/h28,30-31H,12-27H2,1-11H3,(H,40,43)(H,41,44);12,14-15H,8-11H2,1-7H3/t30-,31-;14-,15-/m00/s1. The van der Waals surface area contributed by atoms with Crippen LogP contribution in [0.1, 0.15) is 227 Å². The predicted molar refractivity (Wildman–Crippen MR) is 281 cm³/mol. The van der Waals surface area contributed by atoms with Gasteiger partial charge in [0.25, 0.3) is 0 Å². The zero-order chi connectivity index (χ0) is 50.4. The summed E-state index contributed by atoms with van der Waals surface area (Å²) in [5.41, 5.74) is 6.73. The fraction of sp³-hybridized carbons (Fsp3) is 0.821. The number of amides is 4. The second-order valence-electron chi connectivity index (χ2n) is 21.0. The average molecular weight is 923 g/mol. The molecule has 2 rings (SSSR count). The van der Waals surface area contributed by atoms with Crippen molar-refractivity contribution in [1.29, 1.82) is 0 Å². The van der Waals surface area contributed by atoms with Crippen LogP contribution in [0.3, 0.4) is 0 Å². The molecule has 380 valence electrons. The van der Waals surface area contributed by atoms with Crippen molar-refractivity contribution in [1.82, 2.24) is 20.4 Å². The minimum atomic E-state index is -0.271. The van der Waals surface area contributed by atoms with E-state index in [1.807, 2.05) is 18.7 Å². The summed E-state index contributed by atoms with van der Waals surface area (Å²) in [4.78, 5) is 66.9. The van der Waals surface area contributed by atoms with E-state index in [1.54, 1.807) is 0 Å². The highest BCUT2D eigenvalue weighted by Gasteiger charge is 2.37. The van der Waals surface area contributed by atoms with Crippen LogP contribution in [0, 0.1) is 35.5 Å². The summed E-state index contributed by atoms with van der Waals surface area (Å²) in [6.45, 7) is 40.1. The Hall–Kier alpha value is -3.30. The Morgan fingerprint density at radius 3 is 1.05 bits per heavy atom. The molecule has 0 aromatic heterocycles. The lowest BCUT2D eigenvalue weighted by atomic mass is 9.83. The summed E-state index contributed by atoms with van der Waals surface area (Å²) in [6, 6.07) is 0. The maximum atomic E-state index is 14.0. The van der Waals surface area contributed by atoms with Crippen LogP contribution in [0.15, 0.2) is 32.5 Å². The van der Waals surface area contributed by atoms with Crippen LogP contribution in [0.2, 0.25) is 0 Å². The third-order valence-corrected chi connectivity index (χ3v) is 14.2. The molecule has 0 spiro atoms.